The van der Waals surface area contributed by atoms with Crippen molar-refractivity contribution in [3.05, 3.63) is 36.4 Å². The zero-order valence-electron chi connectivity index (χ0n) is 15.7. The molecule has 1 saturated heterocycles. The average molecular weight is 313 g/mol. The third-order valence-electron chi connectivity index (χ3n) is 5.09. The van der Waals surface area contributed by atoms with E-state index in [9.17, 15) is 0 Å². The molecule has 2 nitrogen and oxygen atoms in total. The van der Waals surface area contributed by atoms with Crippen molar-refractivity contribution in [1.82, 2.24) is 0 Å². The molecule has 0 aliphatic carbocycles. The van der Waals surface area contributed by atoms with Crippen LogP contribution in [0.15, 0.2) is 30.9 Å². The van der Waals surface area contributed by atoms with Gasteiger partial charge >= 0.3 is 6.92 Å². The van der Waals surface area contributed by atoms with E-state index in [0.29, 0.717) is 11.8 Å². The molecule has 1 unspecified atom stereocenters. The van der Waals surface area contributed by atoms with E-state index in [1.165, 1.54) is 16.7 Å². The lowest BCUT2D eigenvalue weighted by Crippen LogP contribution is -2.34. The minimum Gasteiger partial charge on any atom is -0.426 e. The smallest absolute Gasteiger partial charge is 0.327 e. The lowest BCUT2D eigenvalue weighted by Gasteiger charge is -2.26. The van der Waals surface area contributed by atoms with Gasteiger partial charge < -0.3 is 9.55 Å². The van der Waals surface area contributed by atoms with E-state index >= 15 is 0 Å². The Morgan fingerprint density at radius 3 is 2.65 bits per heavy atom. The highest BCUT2D eigenvalue weighted by Crippen LogP contribution is 2.34. The number of hydrogen-bond donors (Lipinski definition) is 0. The van der Waals surface area contributed by atoms with Gasteiger partial charge in [-0.25, -0.2) is 0 Å². The van der Waals surface area contributed by atoms with Crippen LogP contribution < -0.4 is 10.4 Å². The second-order valence-corrected chi connectivity index (χ2v) is 8.00. The third kappa shape index (κ3) is 4.20. The van der Waals surface area contributed by atoms with Gasteiger partial charge in [0.2, 0.25) is 0 Å². The predicted molar refractivity (Wildman–Crippen MR) is 103 cm³/mol. The fraction of sp³-hybridized carbons (Fsp3) is 0.600. The maximum atomic E-state index is 6.31. The van der Waals surface area contributed by atoms with Gasteiger partial charge in [-0.2, -0.15) is 0 Å². The Labute approximate surface area is 143 Å². The number of anilines is 1. The zero-order valence-corrected chi connectivity index (χ0v) is 15.7. The molecule has 0 radical (unpaired) electrons. The van der Waals surface area contributed by atoms with Crippen LogP contribution in [0.1, 0.15) is 40.2 Å². The molecule has 1 aliphatic rings. The van der Waals surface area contributed by atoms with Crippen molar-refractivity contribution in [3.8, 4) is 0 Å². The fourth-order valence-corrected chi connectivity index (χ4v) is 3.48. The summed E-state index contributed by atoms with van der Waals surface area (Å²) in [5.74, 6) is 1.23. The van der Waals surface area contributed by atoms with E-state index in [1.807, 2.05) is 6.08 Å². The van der Waals surface area contributed by atoms with Gasteiger partial charge in [0, 0.05) is 24.9 Å². The van der Waals surface area contributed by atoms with Crippen molar-refractivity contribution in [3.63, 3.8) is 0 Å². The van der Waals surface area contributed by atoms with Crippen molar-refractivity contribution < 1.29 is 4.65 Å². The quantitative estimate of drug-likeness (QED) is 0.578. The Morgan fingerprint density at radius 2 is 2.13 bits per heavy atom. The van der Waals surface area contributed by atoms with Crippen LogP contribution in [0.25, 0.3) is 0 Å². The molecule has 0 saturated carbocycles. The molecule has 0 aromatic heterocycles. The highest BCUT2D eigenvalue weighted by atomic mass is 16.5. The van der Waals surface area contributed by atoms with Crippen molar-refractivity contribution in [2.45, 2.75) is 53.0 Å². The van der Waals surface area contributed by atoms with E-state index in [-0.39, 0.29) is 12.5 Å². The van der Waals surface area contributed by atoms with Gasteiger partial charge in [-0.15, -0.1) is 6.58 Å². The first-order valence-corrected chi connectivity index (χ1v) is 8.87. The Balaban J connectivity index is 2.27. The Hall–Kier alpha value is -1.22. The highest BCUT2D eigenvalue weighted by Gasteiger charge is 2.41. The van der Waals surface area contributed by atoms with Crippen LogP contribution in [0.4, 0.5) is 5.69 Å². The average Bonchev–Trinajstić information content (AvgIpc) is 2.72. The van der Waals surface area contributed by atoms with E-state index < -0.39 is 0 Å². The molecule has 0 amide bonds. The molecule has 0 bridgehead atoms. The van der Waals surface area contributed by atoms with Crippen LogP contribution >= 0.6 is 0 Å². The summed E-state index contributed by atoms with van der Waals surface area (Å²) in [6, 6.07) is 6.83. The number of allylic oxidation sites excluding steroid dienone is 1. The van der Waals surface area contributed by atoms with Gasteiger partial charge in [-0.05, 0) is 55.5 Å². The maximum absolute atomic E-state index is 6.31. The van der Waals surface area contributed by atoms with E-state index in [1.54, 1.807) is 0 Å². The first-order valence-electron chi connectivity index (χ1n) is 8.87. The molecule has 3 heteroatoms. The van der Waals surface area contributed by atoms with Crippen LogP contribution in [-0.2, 0) is 11.1 Å². The summed E-state index contributed by atoms with van der Waals surface area (Å²) in [6.07, 6.45) is 3.99. The normalized spacial score (nSPS) is 20.1. The Bertz CT molecular complexity index is 553. The number of benzene rings is 1. The monoisotopic (exact) mass is 313 g/mol. The molecule has 1 atom stereocenters. The first kappa shape index (κ1) is 18.1. The van der Waals surface area contributed by atoms with Crippen LogP contribution in [0.2, 0.25) is 6.32 Å². The topological polar surface area (TPSA) is 12.5 Å². The van der Waals surface area contributed by atoms with Gasteiger partial charge in [-0.3, -0.25) is 0 Å². The summed E-state index contributed by atoms with van der Waals surface area (Å²) in [6.45, 7) is 16.4. The van der Waals surface area contributed by atoms with Crippen LogP contribution in [-0.4, -0.2) is 26.1 Å². The summed E-state index contributed by atoms with van der Waals surface area (Å²) in [5, 5.41) is 0. The van der Waals surface area contributed by atoms with Crippen LogP contribution in [0.3, 0.4) is 0 Å². The molecule has 126 valence electrons. The van der Waals surface area contributed by atoms with Crippen molar-refractivity contribution >= 4 is 18.1 Å². The molecular formula is C20H32BNO. The molecule has 1 aliphatic heterocycles. The lowest BCUT2D eigenvalue weighted by molar-refractivity contribution is 0.0951. The standard InChI is InChI=1S/C20H32BNO/c1-8-9-17-12-18(21-13-16(4)20(5,6)23-21)10-11-19(17)22(7)14-15(2)3/h8,10-12,15-16H,1,9,13-14H2,2-7H3. The predicted octanol–water partition coefficient (Wildman–Crippen LogP) is 4.15. The van der Waals surface area contributed by atoms with Crippen molar-refractivity contribution in [2.24, 2.45) is 11.8 Å². The minimum absolute atomic E-state index is 0.0314. The van der Waals surface area contributed by atoms with Crippen molar-refractivity contribution in [2.75, 3.05) is 18.5 Å². The molecular weight excluding hydrogens is 281 g/mol. The summed E-state index contributed by atoms with van der Waals surface area (Å²) in [7, 11) is 2.18. The molecule has 2 rings (SSSR count). The van der Waals surface area contributed by atoms with Gasteiger partial charge in [0.25, 0.3) is 0 Å². The SMILES string of the molecule is C=CCc1cc(B2CC(C)C(C)(C)O2)ccc1N(C)CC(C)C. The fourth-order valence-electron chi connectivity index (χ4n) is 3.48. The molecule has 0 spiro atoms. The minimum atomic E-state index is -0.0314. The number of rotatable bonds is 6. The summed E-state index contributed by atoms with van der Waals surface area (Å²) >= 11 is 0. The number of hydrogen-bond acceptors (Lipinski definition) is 2. The first-order chi connectivity index (χ1) is 10.7. The molecule has 1 aromatic rings. The summed E-state index contributed by atoms with van der Waals surface area (Å²) in [4.78, 5) is 2.36. The van der Waals surface area contributed by atoms with Crippen LogP contribution in [0, 0.1) is 11.8 Å². The van der Waals surface area contributed by atoms with Crippen molar-refractivity contribution in [1.29, 1.82) is 0 Å². The molecule has 0 N–H and O–H groups in total. The van der Waals surface area contributed by atoms with E-state index in [4.69, 9.17) is 4.65 Å². The van der Waals surface area contributed by atoms with E-state index in [0.717, 1.165) is 19.3 Å². The third-order valence-corrected chi connectivity index (χ3v) is 5.09. The maximum Gasteiger partial charge on any atom is 0.327 e. The molecule has 1 heterocycles. The highest BCUT2D eigenvalue weighted by molar-refractivity contribution is 6.68. The summed E-state index contributed by atoms with van der Waals surface area (Å²) in [5.41, 5.74) is 3.94. The van der Waals surface area contributed by atoms with Gasteiger partial charge in [0.15, 0.2) is 0 Å². The van der Waals surface area contributed by atoms with Gasteiger partial charge in [0.1, 0.15) is 0 Å². The summed E-state index contributed by atoms with van der Waals surface area (Å²) < 4.78 is 6.31. The molecule has 1 fully saturated rings. The van der Waals surface area contributed by atoms with Gasteiger partial charge in [-0.1, -0.05) is 39.0 Å². The zero-order chi connectivity index (χ0) is 17.2. The van der Waals surface area contributed by atoms with E-state index in [2.05, 4.69) is 71.3 Å². The second-order valence-electron chi connectivity index (χ2n) is 8.00. The van der Waals surface area contributed by atoms with Gasteiger partial charge in [0.05, 0.1) is 0 Å². The van der Waals surface area contributed by atoms with Crippen LogP contribution in [0.5, 0.6) is 0 Å². The Morgan fingerprint density at radius 1 is 1.43 bits per heavy atom. The molecule has 23 heavy (non-hydrogen) atoms. The largest absolute Gasteiger partial charge is 0.426 e. The number of nitrogens with zero attached hydrogens (tertiary/aromatic N) is 1. The molecule has 1 aromatic carbocycles. The lowest BCUT2D eigenvalue weighted by atomic mass is 9.57. The Kier molecular flexibility index (Phi) is 5.62. The second kappa shape index (κ2) is 7.13.